The topological polar surface area (TPSA) is 0 Å². The predicted molar refractivity (Wildman–Crippen MR) is 69.2 cm³/mol. The predicted octanol–water partition coefficient (Wildman–Crippen LogP) is 4.89. The lowest BCUT2D eigenvalue weighted by molar-refractivity contribution is -0.0203. The first-order valence-electron chi connectivity index (χ1n) is 7.75. The molecule has 0 aromatic rings. The standard InChI is InChI=1S/C16H28/c1-11(2)15-9-13-7-3-5-12-6-4-8-14(10-15)16(12)13/h11-16H,3-10H2,1-2H3. The summed E-state index contributed by atoms with van der Waals surface area (Å²) in [6.45, 7) is 4.91. The zero-order valence-corrected chi connectivity index (χ0v) is 11.1. The van der Waals surface area contributed by atoms with Crippen LogP contribution in [0.15, 0.2) is 0 Å². The van der Waals surface area contributed by atoms with E-state index >= 15 is 0 Å². The minimum Gasteiger partial charge on any atom is -0.0625 e. The summed E-state index contributed by atoms with van der Waals surface area (Å²) in [7, 11) is 0. The third-order valence-electron chi connectivity index (χ3n) is 6.09. The van der Waals surface area contributed by atoms with Gasteiger partial charge in [0, 0.05) is 0 Å². The second-order valence-corrected chi connectivity index (χ2v) is 7.19. The molecule has 2 unspecified atom stereocenters. The quantitative estimate of drug-likeness (QED) is 0.590. The minimum absolute atomic E-state index is 0.934. The van der Waals surface area contributed by atoms with Crippen molar-refractivity contribution in [2.24, 2.45) is 35.5 Å². The highest BCUT2D eigenvalue weighted by molar-refractivity contribution is 4.95. The van der Waals surface area contributed by atoms with Gasteiger partial charge in [-0.1, -0.05) is 52.4 Å². The van der Waals surface area contributed by atoms with Gasteiger partial charge in [-0.2, -0.15) is 0 Å². The number of rotatable bonds is 1. The van der Waals surface area contributed by atoms with Crippen LogP contribution in [0, 0.1) is 35.5 Å². The van der Waals surface area contributed by atoms with Crippen LogP contribution in [-0.4, -0.2) is 0 Å². The van der Waals surface area contributed by atoms with Gasteiger partial charge in [0.15, 0.2) is 0 Å². The Kier molecular flexibility index (Phi) is 3.02. The van der Waals surface area contributed by atoms with Crippen LogP contribution in [0.4, 0.5) is 0 Å². The van der Waals surface area contributed by atoms with Crippen molar-refractivity contribution >= 4 is 0 Å². The molecule has 0 heteroatoms. The summed E-state index contributed by atoms with van der Waals surface area (Å²) in [5.74, 6) is 6.56. The number of hydrogen-bond acceptors (Lipinski definition) is 0. The molecule has 0 aromatic heterocycles. The lowest BCUT2D eigenvalue weighted by Gasteiger charge is -2.52. The van der Waals surface area contributed by atoms with Crippen molar-refractivity contribution in [2.75, 3.05) is 0 Å². The molecule has 3 aliphatic rings. The van der Waals surface area contributed by atoms with Crippen molar-refractivity contribution in [1.82, 2.24) is 0 Å². The first-order chi connectivity index (χ1) is 7.75. The summed E-state index contributed by atoms with van der Waals surface area (Å²) in [6.07, 6.45) is 12.5. The van der Waals surface area contributed by atoms with E-state index in [0.29, 0.717) is 0 Å². The molecule has 0 radical (unpaired) electrons. The molecule has 92 valence electrons. The molecule has 0 aliphatic heterocycles. The van der Waals surface area contributed by atoms with E-state index < -0.39 is 0 Å². The van der Waals surface area contributed by atoms with E-state index in [-0.39, 0.29) is 0 Å². The molecule has 0 bridgehead atoms. The summed E-state index contributed by atoms with van der Waals surface area (Å²) in [4.78, 5) is 0. The zero-order valence-electron chi connectivity index (χ0n) is 11.1. The Labute approximate surface area is 101 Å². The molecule has 2 atom stereocenters. The molecule has 0 aromatic carbocycles. The average molecular weight is 220 g/mol. The molecule has 0 nitrogen and oxygen atoms in total. The van der Waals surface area contributed by atoms with Crippen molar-refractivity contribution in [3.63, 3.8) is 0 Å². The van der Waals surface area contributed by atoms with Crippen molar-refractivity contribution in [3.8, 4) is 0 Å². The fourth-order valence-corrected chi connectivity index (χ4v) is 5.32. The van der Waals surface area contributed by atoms with Crippen LogP contribution in [0.1, 0.15) is 65.2 Å². The van der Waals surface area contributed by atoms with Gasteiger partial charge in [0.25, 0.3) is 0 Å². The summed E-state index contributed by atoms with van der Waals surface area (Å²) in [6, 6.07) is 0. The van der Waals surface area contributed by atoms with Gasteiger partial charge in [-0.25, -0.2) is 0 Å². The highest BCUT2D eigenvalue weighted by Gasteiger charge is 2.45. The third kappa shape index (κ3) is 1.83. The monoisotopic (exact) mass is 220 g/mol. The average Bonchev–Trinajstić information content (AvgIpc) is 2.29. The van der Waals surface area contributed by atoms with Crippen LogP contribution >= 0.6 is 0 Å². The van der Waals surface area contributed by atoms with Crippen molar-refractivity contribution in [3.05, 3.63) is 0 Å². The first kappa shape index (κ1) is 11.1. The molecular formula is C16H28. The van der Waals surface area contributed by atoms with E-state index in [1.807, 2.05) is 0 Å². The van der Waals surface area contributed by atoms with Crippen LogP contribution in [0.25, 0.3) is 0 Å². The van der Waals surface area contributed by atoms with Crippen molar-refractivity contribution in [1.29, 1.82) is 0 Å². The maximum atomic E-state index is 2.45. The van der Waals surface area contributed by atoms with Gasteiger partial charge in [0.2, 0.25) is 0 Å². The maximum absolute atomic E-state index is 2.45. The van der Waals surface area contributed by atoms with Crippen LogP contribution in [0.2, 0.25) is 0 Å². The maximum Gasteiger partial charge on any atom is -0.0329 e. The SMILES string of the molecule is CC(C)C1CC2CCCC3CCCC(C1)C32. The zero-order chi connectivity index (χ0) is 11.1. The lowest BCUT2D eigenvalue weighted by Crippen LogP contribution is -2.43. The summed E-state index contributed by atoms with van der Waals surface area (Å²) >= 11 is 0. The molecule has 0 amide bonds. The Bertz CT molecular complexity index is 222. The molecule has 0 heterocycles. The molecule has 0 saturated heterocycles. The van der Waals surface area contributed by atoms with Gasteiger partial charge in [-0.3, -0.25) is 0 Å². The van der Waals surface area contributed by atoms with E-state index in [4.69, 9.17) is 0 Å². The second kappa shape index (κ2) is 4.35. The van der Waals surface area contributed by atoms with E-state index in [2.05, 4.69) is 13.8 Å². The van der Waals surface area contributed by atoms with Gasteiger partial charge in [0.05, 0.1) is 0 Å². The summed E-state index contributed by atoms with van der Waals surface area (Å²) in [5, 5.41) is 0. The molecule has 0 spiro atoms. The Balaban J connectivity index is 1.78. The highest BCUT2D eigenvalue weighted by Crippen LogP contribution is 2.54. The van der Waals surface area contributed by atoms with Crippen LogP contribution in [0.3, 0.4) is 0 Å². The van der Waals surface area contributed by atoms with Gasteiger partial charge >= 0.3 is 0 Å². The second-order valence-electron chi connectivity index (χ2n) is 7.19. The Morgan fingerprint density at radius 3 is 1.75 bits per heavy atom. The van der Waals surface area contributed by atoms with Crippen LogP contribution in [0.5, 0.6) is 0 Å². The summed E-state index contributed by atoms with van der Waals surface area (Å²) < 4.78 is 0. The Morgan fingerprint density at radius 1 is 0.750 bits per heavy atom. The van der Waals surface area contributed by atoms with E-state index in [9.17, 15) is 0 Å². The van der Waals surface area contributed by atoms with Gasteiger partial charge in [-0.15, -0.1) is 0 Å². The fourth-order valence-electron chi connectivity index (χ4n) is 5.32. The molecule has 0 N–H and O–H groups in total. The molecule has 3 saturated carbocycles. The van der Waals surface area contributed by atoms with Crippen molar-refractivity contribution in [2.45, 2.75) is 65.2 Å². The first-order valence-corrected chi connectivity index (χ1v) is 7.75. The third-order valence-corrected chi connectivity index (χ3v) is 6.09. The minimum atomic E-state index is 0.934. The van der Waals surface area contributed by atoms with Gasteiger partial charge in [-0.05, 0) is 48.3 Å². The largest absolute Gasteiger partial charge is 0.0625 e. The number of hydrogen-bond donors (Lipinski definition) is 0. The normalized spacial score (nSPS) is 47.8. The van der Waals surface area contributed by atoms with Crippen LogP contribution in [-0.2, 0) is 0 Å². The van der Waals surface area contributed by atoms with E-state index in [1.54, 1.807) is 51.4 Å². The molecular weight excluding hydrogens is 192 g/mol. The summed E-state index contributed by atoms with van der Waals surface area (Å²) in [5.41, 5.74) is 0. The van der Waals surface area contributed by atoms with Crippen molar-refractivity contribution < 1.29 is 0 Å². The Hall–Kier alpha value is 0. The van der Waals surface area contributed by atoms with Gasteiger partial charge < -0.3 is 0 Å². The molecule has 16 heavy (non-hydrogen) atoms. The van der Waals surface area contributed by atoms with E-state index in [1.165, 1.54) is 0 Å². The van der Waals surface area contributed by atoms with E-state index in [0.717, 1.165) is 35.5 Å². The molecule has 3 rings (SSSR count). The molecule has 3 aliphatic carbocycles. The lowest BCUT2D eigenvalue weighted by atomic mass is 9.53. The van der Waals surface area contributed by atoms with Gasteiger partial charge in [0.1, 0.15) is 0 Å². The smallest absolute Gasteiger partial charge is 0.0329 e. The molecule has 3 fully saturated rings. The van der Waals surface area contributed by atoms with Crippen LogP contribution < -0.4 is 0 Å². The Morgan fingerprint density at radius 2 is 1.25 bits per heavy atom. The highest BCUT2D eigenvalue weighted by atomic mass is 14.5. The fraction of sp³-hybridized carbons (Fsp3) is 1.00.